The summed E-state index contributed by atoms with van der Waals surface area (Å²) in [5.74, 6) is 0.585. The molecule has 2 aliphatic rings. The van der Waals surface area contributed by atoms with Crippen molar-refractivity contribution in [1.82, 2.24) is 20.9 Å². The molecule has 1 aromatic rings. The molecule has 2 heterocycles. The number of likely N-dealkylation sites (N-methyl/N-ethyl adjacent to an activating group) is 1. The Labute approximate surface area is 219 Å². The van der Waals surface area contributed by atoms with Crippen LogP contribution >= 0.6 is 11.6 Å². The second-order valence-corrected chi connectivity index (χ2v) is 10.1. The van der Waals surface area contributed by atoms with E-state index in [2.05, 4.69) is 20.7 Å². The molecule has 0 radical (unpaired) electrons. The fourth-order valence-electron chi connectivity index (χ4n) is 5.14. The number of amides is 3. The van der Waals surface area contributed by atoms with E-state index in [1.54, 1.807) is 0 Å². The van der Waals surface area contributed by atoms with Crippen LogP contribution in [0.1, 0.15) is 43.8 Å². The van der Waals surface area contributed by atoms with E-state index < -0.39 is 6.09 Å². The summed E-state index contributed by atoms with van der Waals surface area (Å²) in [5.41, 5.74) is 0.971. The molecular weight excluding hydrogens is 484 g/mol. The minimum absolute atomic E-state index is 0.0334. The first-order chi connectivity index (χ1) is 17.5. The van der Waals surface area contributed by atoms with Gasteiger partial charge in [0, 0.05) is 56.4 Å². The number of benzene rings is 1. The van der Waals surface area contributed by atoms with Crippen molar-refractivity contribution in [2.24, 2.45) is 11.8 Å². The van der Waals surface area contributed by atoms with Crippen LogP contribution in [0, 0.1) is 11.8 Å². The highest BCUT2D eigenvalue weighted by Crippen LogP contribution is 2.34. The summed E-state index contributed by atoms with van der Waals surface area (Å²) >= 11 is 6.28. The third-order valence-electron chi connectivity index (χ3n) is 6.86. The van der Waals surface area contributed by atoms with Crippen molar-refractivity contribution >= 4 is 23.7 Å². The van der Waals surface area contributed by atoms with E-state index in [1.165, 1.54) is 7.11 Å². The zero-order valence-electron chi connectivity index (χ0n) is 21.5. The van der Waals surface area contributed by atoms with Crippen LogP contribution in [-0.4, -0.2) is 83.2 Å². The van der Waals surface area contributed by atoms with Crippen LogP contribution in [0.5, 0.6) is 0 Å². The van der Waals surface area contributed by atoms with Crippen LogP contribution in [0.3, 0.4) is 0 Å². The Balaban J connectivity index is 1.62. The van der Waals surface area contributed by atoms with Gasteiger partial charge in [0.05, 0.1) is 19.8 Å². The summed E-state index contributed by atoms with van der Waals surface area (Å²) in [4.78, 5) is 26.6. The summed E-state index contributed by atoms with van der Waals surface area (Å²) in [6.45, 7) is 4.29. The number of nitrogens with one attached hydrogen (secondary N) is 3. The number of carbonyl (C=O) groups excluding carboxylic acids is 2. The summed E-state index contributed by atoms with van der Waals surface area (Å²) in [7, 11) is 3.24. The second kappa shape index (κ2) is 15.2. The minimum Gasteiger partial charge on any atom is -0.453 e. The Morgan fingerprint density at radius 3 is 2.86 bits per heavy atom. The van der Waals surface area contributed by atoms with E-state index in [0.29, 0.717) is 37.2 Å². The monoisotopic (exact) mass is 524 g/mol. The standard InChI is InChI=1S/C26H41ClN4O5/c1-28-16-23(14-19-6-5-12-35-18-19)30-25(32)31-11-4-8-21(17-31)24(20-7-3-9-22(27)15-20)36-13-10-29-26(33)34-2/h3,7,9,15,19,21,23-24,28H,4-6,8,10-14,16-18H2,1-2H3,(H,29,33)(H,30,32). The average Bonchev–Trinajstić information content (AvgIpc) is 2.89. The minimum atomic E-state index is -0.491. The number of rotatable bonds is 11. The largest absolute Gasteiger partial charge is 0.453 e. The van der Waals surface area contributed by atoms with Gasteiger partial charge in [-0.25, -0.2) is 9.59 Å². The van der Waals surface area contributed by atoms with Gasteiger partial charge in [-0.05, 0) is 62.8 Å². The summed E-state index contributed by atoms with van der Waals surface area (Å²) in [6, 6.07) is 7.67. The lowest BCUT2D eigenvalue weighted by Crippen LogP contribution is -2.52. The van der Waals surface area contributed by atoms with Crippen molar-refractivity contribution in [3.05, 3.63) is 34.9 Å². The van der Waals surface area contributed by atoms with E-state index in [1.807, 2.05) is 36.2 Å². The van der Waals surface area contributed by atoms with E-state index in [-0.39, 0.29) is 24.1 Å². The molecule has 3 rings (SSSR count). The van der Waals surface area contributed by atoms with Crippen molar-refractivity contribution in [3.63, 3.8) is 0 Å². The summed E-state index contributed by atoms with van der Waals surface area (Å²) in [5, 5.41) is 9.76. The first-order valence-electron chi connectivity index (χ1n) is 13.0. The normalized spacial score (nSPS) is 21.9. The number of hydrogen-bond donors (Lipinski definition) is 3. The molecule has 3 amide bonds. The fraction of sp³-hybridized carbons (Fsp3) is 0.692. The molecule has 202 valence electrons. The molecule has 0 aromatic heterocycles. The van der Waals surface area contributed by atoms with Crippen molar-refractivity contribution in [2.75, 3.05) is 60.2 Å². The predicted molar refractivity (Wildman–Crippen MR) is 139 cm³/mol. The molecule has 0 aliphatic carbocycles. The van der Waals surface area contributed by atoms with Gasteiger partial charge in [0.25, 0.3) is 0 Å². The number of nitrogens with zero attached hydrogens (tertiary/aromatic N) is 1. The number of carbonyl (C=O) groups is 2. The summed E-state index contributed by atoms with van der Waals surface area (Å²) < 4.78 is 16.5. The van der Waals surface area contributed by atoms with Gasteiger partial charge in [-0.15, -0.1) is 0 Å². The van der Waals surface area contributed by atoms with Gasteiger partial charge in [0.15, 0.2) is 0 Å². The van der Waals surface area contributed by atoms with Gasteiger partial charge in [0.1, 0.15) is 0 Å². The van der Waals surface area contributed by atoms with Crippen LogP contribution in [0.2, 0.25) is 5.02 Å². The molecule has 10 heteroatoms. The third-order valence-corrected chi connectivity index (χ3v) is 7.09. The van der Waals surface area contributed by atoms with Crippen LogP contribution in [0.4, 0.5) is 9.59 Å². The molecule has 0 bridgehead atoms. The van der Waals surface area contributed by atoms with Gasteiger partial charge in [-0.2, -0.15) is 0 Å². The Hall–Kier alpha value is -2.07. The highest BCUT2D eigenvalue weighted by molar-refractivity contribution is 6.30. The Morgan fingerprint density at radius 1 is 1.28 bits per heavy atom. The number of halogens is 1. The molecule has 0 spiro atoms. The fourth-order valence-corrected chi connectivity index (χ4v) is 5.34. The number of methoxy groups -OCH3 is 1. The van der Waals surface area contributed by atoms with E-state index in [0.717, 1.165) is 57.4 Å². The first-order valence-corrected chi connectivity index (χ1v) is 13.3. The van der Waals surface area contributed by atoms with Crippen LogP contribution in [0.25, 0.3) is 0 Å². The highest BCUT2D eigenvalue weighted by atomic mass is 35.5. The molecule has 4 atom stereocenters. The van der Waals surface area contributed by atoms with Crippen LogP contribution in [0.15, 0.2) is 24.3 Å². The molecule has 2 fully saturated rings. The van der Waals surface area contributed by atoms with Crippen molar-refractivity contribution in [3.8, 4) is 0 Å². The first kappa shape index (κ1) is 28.5. The highest BCUT2D eigenvalue weighted by Gasteiger charge is 2.32. The number of alkyl carbamates (subject to hydrolysis) is 1. The SMILES string of the molecule is CNCC(CC1CCCOC1)NC(=O)N1CCCC(C(OCCNC(=O)OC)c2cccc(Cl)c2)C1. The quantitative estimate of drug-likeness (QED) is 0.382. The van der Waals surface area contributed by atoms with E-state index >= 15 is 0 Å². The predicted octanol–water partition coefficient (Wildman–Crippen LogP) is 3.58. The summed E-state index contributed by atoms with van der Waals surface area (Å²) in [6.07, 6.45) is 4.23. The van der Waals surface area contributed by atoms with Gasteiger partial charge in [-0.1, -0.05) is 23.7 Å². The maximum atomic E-state index is 13.3. The molecular formula is C26H41ClN4O5. The Kier molecular flexibility index (Phi) is 12.1. The van der Waals surface area contributed by atoms with Crippen molar-refractivity contribution < 1.29 is 23.8 Å². The molecule has 2 aliphatic heterocycles. The lowest BCUT2D eigenvalue weighted by atomic mass is 9.88. The van der Waals surface area contributed by atoms with Crippen molar-refractivity contribution in [2.45, 2.75) is 44.2 Å². The maximum absolute atomic E-state index is 13.3. The van der Waals surface area contributed by atoms with Gasteiger partial charge in [0.2, 0.25) is 0 Å². The number of likely N-dealkylation sites (tertiary alicyclic amines) is 1. The molecule has 9 nitrogen and oxygen atoms in total. The number of hydrogen-bond acceptors (Lipinski definition) is 6. The third kappa shape index (κ3) is 9.10. The average molecular weight is 525 g/mol. The van der Waals surface area contributed by atoms with Crippen LogP contribution < -0.4 is 16.0 Å². The van der Waals surface area contributed by atoms with Crippen molar-refractivity contribution in [1.29, 1.82) is 0 Å². The topological polar surface area (TPSA) is 101 Å². The number of piperidine rings is 1. The van der Waals surface area contributed by atoms with Gasteiger partial charge >= 0.3 is 12.1 Å². The molecule has 4 unspecified atom stereocenters. The second-order valence-electron chi connectivity index (χ2n) is 9.64. The molecule has 2 saturated heterocycles. The van der Waals surface area contributed by atoms with Crippen LogP contribution in [-0.2, 0) is 14.2 Å². The molecule has 3 N–H and O–H groups in total. The zero-order chi connectivity index (χ0) is 25.8. The smallest absolute Gasteiger partial charge is 0.406 e. The lowest BCUT2D eigenvalue weighted by Gasteiger charge is -2.38. The zero-order valence-corrected chi connectivity index (χ0v) is 22.2. The van der Waals surface area contributed by atoms with Gasteiger partial charge in [-0.3, -0.25) is 0 Å². The van der Waals surface area contributed by atoms with E-state index in [9.17, 15) is 9.59 Å². The Morgan fingerprint density at radius 2 is 2.14 bits per heavy atom. The maximum Gasteiger partial charge on any atom is 0.406 e. The van der Waals surface area contributed by atoms with E-state index in [4.69, 9.17) is 21.1 Å². The molecule has 36 heavy (non-hydrogen) atoms. The Bertz CT molecular complexity index is 823. The molecule has 0 saturated carbocycles. The number of urea groups is 1. The number of ether oxygens (including phenoxy) is 3. The lowest BCUT2D eigenvalue weighted by molar-refractivity contribution is -0.00873. The molecule has 1 aromatic carbocycles. The van der Waals surface area contributed by atoms with Gasteiger partial charge < -0.3 is 35.1 Å².